The van der Waals surface area contributed by atoms with Gasteiger partial charge >= 0.3 is 0 Å². The van der Waals surface area contributed by atoms with Crippen molar-refractivity contribution >= 4 is 5.91 Å². The molecule has 0 unspecified atom stereocenters. The lowest BCUT2D eigenvalue weighted by Gasteiger charge is -2.09. The van der Waals surface area contributed by atoms with Crippen LogP contribution in [0, 0.1) is 13.8 Å². The molecule has 1 heterocycles. The molecule has 1 aromatic carbocycles. The number of carbonyl (C=O) groups excluding carboxylic acids is 1. The Morgan fingerprint density at radius 1 is 1.33 bits per heavy atom. The molecule has 1 aromatic heterocycles. The number of hydrogen-bond acceptors (Lipinski definition) is 2. The van der Waals surface area contributed by atoms with Crippen LogP contribution in [0.3, 0.4) is 0 Å². The first-order valence-corrected chi connectivity index (χ1v) is 7.18. The van der Waals surface area contributed by atoms with Crippen LogP contribution in [0.1, 0.15) is 21.6 Å². The molecule has 0 spiro atoms. The molecule has 0 aliphatic carbocycles. The summed E-state index contributed by atoms with van der Waals surface area (Å²) in [6, 6.07) is 8.08. The van der Waals surface area contributed by atoms with Gasteiger partial charge in [-0.1, -0.05) is 12.1 Å². The molecule has 2 N–H and O–H groups in total. The van der Waals surface area contributed by atoms with Crippen molar-refractivity contribution in [3.63, 3.8) is 0 Å². The molecule has 0 aliphatic heterocycles. The van der Waals surface area contributed by atoms with Gasteiger partial charge in [-0.15, -0.1) is 0 Å². The number of nitrogens with one attached hydrogen (secondary N) is 2. The summed E-state index contributed by atoms with van der Waals surface area (Å²) in [5, 5.41) is 7.28. The number of benzene rings is 1. The van der Waals surface area contributed by atoms with E-state index >= 15 is 0 Å². The summed E-state index contributed by atoms with van der Waals surface area (Å²) in [5.74, 6) is -0.0624. The zero-order valence-electron chi connectivity index (χ0n) is 13.1. The monoisotopic (exact) mass is 287 g/mol. The van der Waals surface area contributed by atoms with E-state index in [0.717, 1.165) is 17.9 Å². The Hall–Kier alpha value is -2.14. The lowest BCUT2D eigenvalue weighted by atomic mass is 10.2. The van der Waals surface area contributed by atoms with Crippen LogP contribution in [0.15, 0.2) is 30.5 Å². The Balaban J connectivity index is 2.15. The Labute approximate surface area is 125 Å². The molecule has 0 aliphatic rings. The Bertz CT molecular complexity index is 631. The predicted molar refractivity (Wildman–Crippen MR) is 83.0 cm³/mol. The number of carbonyl (C=O) groups is 1. The van der Waals surface area contributed by atoms with Crippen LogP contribution in [-0.2, 0) is 0 Å². The molecule has 5 nitrogen and oxygen atoms in total. The molecular formula is C16H23N4O+. The van der Waals surface area contributed by atoms with Gasteiger partial charge in [-0.2, -0.15) is 5.10 Å². The summed E-state index contributed by atoms with van der Waals surface area (Å²) in [5.41, 5.74) is 3.63. The van der Waals surface area contributed by atoms with Gasteiger partial charge in [0.2, 0.25) is 0 Å². The molecule has 112 valence electrons. The lowest BCUT2D eigenvalue weighted by Crippen LogP contribution is -3.06. The highest BCUT2D eigenvalue weighted by atomic mass is 16.1. The van der Waals surface area contributed by atoms with Crippen LogP contribution in [0.2, 0.25) is 0 Å². The predicted octanol–water partition coefficient (Wildman–Crippen LogP) is 0.363. The number of aromatic nitrogens is 2. The SMILES string of the molecule is Cc1cccc(-n2ncc(C(=O)NCC[NH+](C)C)c2C)c1. The Morgan fingerprint density at radius 2 is 2.10 bits per heavy atom. The van der Waals surface area contributed by atoms with Crippen molar-refractivity contribution in [3.05, 3.63) is 47.3 Å². The average molecular weight is 287 g/mol. The first-order valence-electron chi connectivity index (χ1n) is 7.18. The van der Waals surface area contributed by atoms with Gasteiger partial charge in [0.25, 0.3) is 5.91 Å². The van der Waals surface area contributed by atoms with Gasteiger partial charge < -0.3 is 10.2 Å². The molecule has 0 atom stereocenters. The maximum Gasteiger partial charge on any atom is 0.254 e. The molecule has 2 aromatic rings. The number of amides is 1. The minimum atomic E-state index is -0.0624. The van der Waals surface area contributed by atoms with Crippen LogP contribution in [0.25, 0.3) is 5.69 Å². The number of quaternary nitrogens is 1. The fraction of sp³-hybridized carbons (Fsp3) is 0.375. The first-order chi connectivity index (χ1) is 9.99. The normalized spacial score (nSPS) is 10.9. The van der Waals surface area contributed by atoms with Gasteiger partial charge in [0.15, 0.2) is 0 Å². The summed E-state index contributed by atoms with van der Waals surface area (Å²) in [7, 11) is 4.13. The zero-order chi connectivity index (χ0) is 15.4. The van der Waals surface area contributed by atoms with Crippen LogP contribution >= 0.6 is 0 Å². The van der Waals surface area contributed by atoms with E-state index in [9.17, 15) is 4.79 Å². The van der Waals surface area contributed by atoms with E-state index in [1.807, 2.05) is 32.0 Å². The smallest absolute Gasteiger partial charge is 0.254 e. The maximum absolute atomic E-state index is 12.2. The van der Waals surface area contributed by atoms with Gasteiger partial charge in [0.1, 0.15) is 0 Å². The van der Waals surface area contributed by atoms with Gasteiger partial charge in [0, 0.05) is 0 Å². The van der Waals surface area contributed by atoms with Crippen LogP contribution in [-0.4, -0.2) is 42.9 Å². The van der Waals surface area contributed by atoms with Crippen LogP contribution in [0.4, 0.5) is 0 Å². The maximum atomic E-state index is 12.2. The molecule has 5 heteroatoms. The number of rotatable bonds is 5. The third-order valence-corrected chi connectivity index (χ3v) is 3.41. The third kappa shape index (κ3) is 3.70. The van der Waals surface area contributed by atoms with Crippen LogP contribution in [0.5, 0.6) is 0 Å². The largest absolute Gasteiger partial charge is 0.346 e. The average Bonchev–Trinajstić information content (AvgIpc) is 2.80. The summed E-state index contributed by atoms with van der Waals surface area (Å²) < 4.78 is 1.80. The fourth-order valence-corrected chi connectivity index (χ4v) is 2.17. The second kappa shape index (κ2) is 6.54. The lowest BCUT2D eigenvalue weighted by molar-refractivity contribution is -0.856. The van der Waals surface area contributed by atoms with E-state index in [4.69, 9.17) is 0 Å². The van der Waals surface area contributed by atoms with Gasteiger partial charge in [0.05, 0.1) is 50.3 Å². The van der Waals surface area contributed by atoms with E-state index in [0.29, 0.717) is 12.1 Å². The molecule has 1 amide bonds. The molecule has 21 heavy (non-hydrogen) atoms. The molecule has 0 bridgehead atoms. The minimum Gasteiger partial charge on any atom is -0.346 e. The fourth-order valence-electron chi connectivity index (χ4n) is 2.17. The van der Waals surface area contributed by atoms with E-state index in [2.05, 4.69) is 30.6 Å². The molecule has 0 saturated heterocycles. The van der Waals surface area contributed by atoms with E-state index in [-0.39, 0.29) is 5.91 Å². The minimum absolute atomic E-state index is 0.0624. The van der Waals surface area contributed by atoms with E-state index < -0.39 is 0 Å². The highest BCUT2D eigenvalue weighted by molar-refractivity contribution is 5.95. The molecule has 2 rings (SSSR count). The van der Waals surface area contributed by atoms with Crippen molar-refractivity contribution in [2.75, 3.05) is 27.2 Å². The van der Waals surface area contributed by atoms with Crippen molar-refractivity contribution in [1.29, 1.82) is 0 Å². The molecule has 0 saturated carbocycles. The van der Waals surface area contributed by atoms with Crippen molar-refractivity contribution < 1.29 is 9.69 Å². The van der Waals surface area contributed by atoms with Crippen molar-refractivity contribution in [2.45, 2.75) is 13.8 Å². The molecular weight excluding hydrogens is 264 g/mol. The van der Waals surface area contributed by atoms with Crippen molar-refractivity contribution in [2.24, 2.45) is 0 Å². The summed E-state index contributed by atoms with van der Waals surface area (Å²) in [6.07, 6.45) is 1.63. The number of likely N-dealkylation sites (N-methyl/N-ethyl adjacent to an activating group) is 1. The standard InChI is InChI=1S/C16H22N4O/c1-12-6-5-7-14(10-12)20-13(2)15(11-18-20)16(21)17-8-9-19(3)4/h5-7,10-11H,8-9H2,1-4H3,(H,17,21)/p+1. The van der Waals surface area contributed by atoms with E-state index in [1.165, 1.54) is 10.5 Å². The van der Waals surface area contributed by atoms with Gasteiger partial charge in [-0.05, 0) is 31.5 Å². The molecule has 0 fully saturated rings. The Morgan fingerprint density at radius 3 is 2.76 bits per heavy atom. The topological polar surface area (TPSA) is 51.4 Å². The van der Waals surface area contributed by atoms with Crippen LogP contribution < -0.4 is 10.2 Å². The quantitative estimate of drug-likeness (QED) is 0.834. The Kier molecular flexibility index (Phi) is 4.75. The van der Waals surface area contributed by atoms with Gasteiger partial charge in [-0.25, -0.2) is 4.68 Å². The van der Waals surface area contributed by atoms with Gasteiger partial charge in [-0.3, -0.25) is 4.79 Å². The summed E-state index contributed by atoms with van der Waals surface area (Å²) in [6.45, 7) is 5.52. The number of aryl methyl sites for hydroxylation is 1. The zero-order valence-corrected chi connectivity index (χ0v) is 13.1. The third-order valence-electron chi connectivity index (χ3n) is 3.41. The number of hydrogen-bond donors (Lipinski definition) is 2. The number of nitrogens with zero attached hydrogens (tertiary/aromatic N) is 2. The second-order valence-corrected chi connectivity index (χ2v) is 5.61. The highest BCUT2D eigenvalue weighted by Crippen LogP contribution is 2.15. The highest BCUT2D eigenvalue weighted by Gasteiger charge is 2.15. The van der Waals surface area contributed by atoms with Crippen molar-refractivity contribution in [3.8, 4) is 5.69 Å². The summed E-state index contributed by atoms with van der Waals surface area (Å²) in [4.78, 5) is 13.5. The van der Waals surface area contributed by atoms with Crippen molar-refractivity contribution in [1.82, 2.24) is 15.1 Å². The summed E-state index contributed by atoms with van der Waals surface area (Å²) >= 11 is 0. The molecule has 0 radical (unpaired) electrons. The first kappa shape index (κ1) is 15.3. The second-order valence-electron chi connectivity index (χ2n) is 5.61. The van der Waals surface area contributed by atoms with E-state index in [1.54, 1.807) is 10.9 Å².